The first-order chi connectivity index (χ1) is 12.7. The lowest BCUT2D eigenvalue weighted by Gasteiger charge is -2.34. The number of rotatable bonds is 4. The number of hydrogen-bond donors (Lipinski definition) is 3. The van der Waals surface area contributed by atoms with Crippen LogP contribution in [0, 0.1) is 5.92 Å². The molecule has 2 saturated heterocycles. The molecular formula is C18H23F3N4O2. The largest absolute Gasteiger partial charge is 0.416 e. The molecule has 2 aliphatic rings. The zero-order valence-corrected chi connectivity index (χ0v) is 14.8. The van der Waals surface area contributed by atoms with Crippen molar-refractivity contribution in [2.45, 2.75) is 43.9 Å². The van der Waals surface area contributed by atoms with Gasteiger partial charge in [-0.15, -0.1) is 0 Å². The molecule has 1 aromatic carbocycles. The van der Waals surface area contributed by atoms with E-state index in [-0.39, 0.29) is 24.4 Å². The first kappa shape index (κ1) is 19.6. The van der Waals surface area contributed by atoms with Gasteiger partial charge < -0.3 is 10.6 Å². The first-order valence-corrected chi connectivity index (χ1v) is 8.98. The molecule has 148 valence electrons. The van der Waals surface area contributed by atoms with Crippen LogP contribution in [0.15, 0.2) is 24.3 Å². The standard InChI is InChI=1S/C18H23F3N4O2/c19-18(20,21)13-3-1-2-11(8-13)9-16(26)25-6-4-12(5-7-25)14-10-15(17(22)27)24-23-14/h1-3,8,12,14-15,23-24H,4-7,9-10H2,(H2,22,27). The van der Waals surface area contributed by atoms with E-state index in [1.165, 1.54) is 12.1 Å². The van der Waals surface area contributed by atoms with Gasteiger partial charge in [-0.2, -0.15) is 13.2 Å². The van der Waals surface area contributed by atoms with Gasteiger partial charge in [0.1, 0.15) is 6.04 Å². The zero-order valence-electron chi connectivity index (χ0n) is 14.8. The monoisotopic (exact) mass is 384 g/mol. The second-order valence-corrected chi connectivity index (χ2v) is 7.18. The maximum atomic E-state index is 12.8. The van der Waals surface area contributed by atoms with Gasteiger partial charge in [0.05, 0.1) is 12.0 Å². The Hall–Kier alpha value is -2.13. The Kier molecular flexibility index (Phi) is 5.71. The molecule has 0 spiro atoms. The van der Waals surface area contributed by atoms with E-state index in [9.17, 15) is 22.8 Å². The summed E-state index contributed by atoms with van der Waals surface area (Å²) in [5.41, 5.74) is 10.9. The highest BCUT2D eigenvalue weighted by atomic mass is 19.4. The van der Waals surface area contributed by atoms with Gasteiger partial charge in [0.2, 0.25) is 11.8 Å². The van der Waals surface area contributed by atoms with Crippen LogP contribution in [0.3, 0.4) is 0 Å². The smallest absolute Gasteiger partial charge is 0.368 e. The molecule has 2 unspecified atom stereocenters. The van der Waals surface area contributed by atoms with Crippen LogP contribution in [0.2, 0.25) is 0 Å². The summed E-state index contributed by atoms with van der Waals surface area (Å²) < 4.78 is 38.4. The van der Waals surface area contributed by atoms with Crippen LogP contribution in [-0.4, -0.2) is 41.9 Å². The van der Waals surface area contributed by atoms with Crippen LogP contribution in [0.4, 0.5) is 13.2 Å². The third-order valence-corrected chi connectivity index (χ3v) is 5.35. The second-order valence-electron chi connectivity index (χ2n) is 7.18. The van der Waals surface area contributed by atoms with E-state index in [4.69, 9.17) is 5.73 Å². The van der Waals surface area contributed by atoms with E-state index in [0.717, 1.165) is 25.0 Å². The summed E-state index contributed by atoms with van der Waals surface area (Å²) in [6.45, 7) is 1.11. The summed E-state index contributed by atoms with van der Waals surface area (Å²) in [7, 11) is 0. The molecule has 6 nitrogen and oxygen atoms in total. The molecule has 0 aliphatic carbocycles. The number of primary amides is 1. The SMILES string of the molecule is NC(=O)C1CC(C2CCN(C(=O)Cc3cccc(C(F)(F)F)c3)CC2)NN1. The molecule has 9 heteroatoms. The van der Waals surface area contributed by atoms with Crippen LogP contribution in [0.5, 0.6) is 0 Å². The number of nitrogens with one attached hydrogen (secondary N) is 2. The molecule has 0 saturated carbocycles. The normalized spacial score (nSPS) is 24.2. The molecule has 0 bridgehead atoms. The highest BCUT2D eigenvalue weighted by Gasteiger charge is 2.35. The van der Waals surface area contributed by atoms with Gasteiger partial charge in [0, 0.05) is 19.1 Å². The molecule has 3 rings (SSSR count). The minimum Gasteiger partial charge on any atom is -0.368 e. The van der Waals surface area contributed by atoms with Crippen molar-refractivity contribution in [3.8, 4) is 0 Å². The van der Waals surface area contributed by atoms with Crippen LogP contribution >= 0.6 is 0 Å². The summed E-state index contributed by atoms with van der Waals surface area (Å²) in [6, 6.07) is 4.65. The van der Waals surface area contributed by atoms with Gasteiger partial charge in [0.25, 0.3) is 0 Å². The van der Waals surface area contributed by atoms with Crippen LogP contribution in [-0.2, 0) is 22.2 Å². The third-order valence-electron chi connectivity index (χ3n) is 5.35. The van der Waals surface area contributed by atoms with E-state index < -0.39 is 17.6 Å². The number of likely N-dealkylation sites (tertiary alicyclic amines) is 1. The fourth-order valence-electron chi connectivity index (χ4n) is 3.77. The van der Waals surface area contributed by atoms with Gasteiger partial charge in [-0.3, -0.25) is 15.0 Å². The average Bonchev–Trinajstić information content (AvgIpc) is 3.12. The predicted octanol–water partition coefficient (Wildman–Crippen LogP) is 1.21. The maximum absolute atomic E-state index is 12.8. The molecule has 4 N–H and O–H groups in total. The van der Waals surface area contributed by atoms with Gasteiger partial charge in [0.15, 0.2) is 0 Å². The number of amides is 2. The van der Waals surface area contributed by atoms with Crippen molar-refractivity contribution < 1.29 is 22.8 Å². The summed E-state index contributed by atoms with van der Waals surface area (Å²) in [6.07, 6.45) is -2.28. The molecule has 2 amide bonds. The van der Waals surface area contributed by atoms with Gasteiger partial charge >= 0.3 is 6.18 Å². The highest BCUT2D eigenvalue weighted by molar-refractivity contribution is 5.80. The molecule has 2 heterocycles. The molecule has 2 aliphatic heterocycles. The fraction of sp³-hybridized carbons (Fsp3) is 0.556. The van der Waals surface area contributed by atoms with E-state index in [1.807, 2.05) is 0 Å². The van der Waals surface area contributed by atoms with Crippen molar-refractivity contribution in [1.82, 2.24) is 15.8 Å². The number of piperidine rings is 1. The Balaban J connectivity index is 1.51. The second kappa shape index (κ2) is 7.85. The number of hydrazine groups is 1. The predicted molar refractivity (Wildman–Crippen MR) is 92.1 cm³/mol. The van der Waals surface area contributed by atoms with E-state index in [1.54, 1.807) is 4.90 Å². The lowest BCUT2D eigenvalue weighted by molar-refractivity contribution is -0.138. The van der Waals surface area contributed by atoms with Crippen LogP contribution in [0.25, 0.3) is 0 Å². The maximum Gasteiger partial charge on any atom is 0.416 e. The van der Waals surface area contributed by atoms with Crippen molar-refractivity contribution in [3.05, 3.63) is 35.4 Å². The Labute approximate surface area is 155 Å². The number of carbonyl (C=O) groups excluding carboxylic acids is 2. The summed E-state index contributed by atoms with van der Waals surface area (Å²) in [5, 5.41) is 0. The van der Waals surface area contributed by atoms with Crippen molar-refractivity contribution in [1.29, 1.82) is 0 Å². The number of hydrogen-bond acceptors (Lipinski definition) is 4. The number of benzene rings is 1. The van der Waals surface area contributed by atoms with Gasteiger partial charge in [-0.05, 0) is 36.8 Å². The van der Waals surface area contributed by atoms with Crippen LogP contribution < -0.4 is 16.6 Å². The quantitative estimate of drug-likeness (QED) is 0.728. The Morgan fingerprint density at radius 3 is 2.48 bits per heavy atom. The number of nitrogens with zero attached hydrogens (tertiary/aromatic N) is 1. The lowest BCUT2D eigenvalue weighted by Crippen LogP contribution is -2.45. The van der Waals surface area contributed by atoms with E-state index in [2.05, 4.69) is 10.9 Å². The lowest BCUT2D eigenvalue weighted by atomic mass is 9.87. The minimum atomic E-state index is -4.41. The zero-order chi connectivity index (χ0) is 19.6. The molecule has 2 atom stereocenters. The van der Waals surface area contributed by atoms with Crippen LogP contribution in [0.1, 0.15) is 30.4 Å². The highest BCUT2D eigenvalue weighted by Crippen LogP contribution is 2.30. The number of nitrogens with two attached hydrogens (primary N) is 1. The number of carbonyl (C=O) groups is 2. The van der Waals surface area contributed by atoms with Crippen molar-refractivity contribution >= 4 is 11.8 Å². The Bertz CT molecular complexity index is 702. The summed E-state index contributed by atoms with van der Waals surface area (Å²) in [4.78, 5) is 25.4. The molecule has 0 aromatic heterocycles. The van der Waals surface area contributed by atoms with E-state index >= 15 is 0 Å². The average molecular weight is 384 g/mol. The molecule has 1 aromatic rings. The van der Waals surface area contributed by atoms with E-state index in [0.29, 0.717) is 31.0 Å². The van der Waals surface area contributed by atoms with Gasteiger partial charge in [-0.1, -0.05) is 18.2 Å². The van der Waals surface area contributed by atoms with Crippen molar-refractivity contribution in [2.75, 3.05) is 13.1 Å². The molecule has 2 fully saturated rings. The van der Waals surface area contributed by atoms with Crippen molar-refractivity contribution in [2.24, 2.45) is 11.7 Å². The Morgan fingerprint density at radius 1 is 1.19 bits per heavy atom. The summed E-state index contributed by atoms with van der Waals surface area (Å²) >= 11 is 0. The molecule has 0 radical (unpaired) electrons. The summed E-state index contributed by atoms with van der Waals surface area (Å²) in [5.74, 6) is -0.238. The molecule has 27 heavy (non-hydrogen) atoms. The number of halogens is 3. The van der Waals surface area contributed by atoms with Gasteiger partial charge in [-0.25, -0.2) is 5.43 Å². The van der Waals surface area contributed by atoms with Crippen molar-refractivity contribution in [3.63, 3.8) is 0 Å². The Morgan fingerprint density at radius 2 is 1.89 bits per heavy atom. The minimum absolute atomic E-state index is 0.0401. The third kappa shape index (κ3) is 4.78. The fourth-order valence-corrected chi connectivity index (χ4v) is 3.77. The molecular weight excluding hydrogens is 361 g/mol. The number of alkyl halides is 3. The first-order valence-electron chi connectivity index (χ1n) is 8.98. The topological polar surface area (TPSA) is 87.5 Å².